The maximum absolute atomic E-state index is 13.3. The van der Waals surface area contributed by atoms with E-state index in [4.69, 9.17) is 0 Å². The van der Waals surface area contributed by atoms with Crippen LogP contribution in [0.2, 0.25) is 0 Å². The monoisotopic (exact) mass is 322 g/mol. The molecule has 0 aromatic heterocycles. The van der Waals surface area contributed by atoms with Gasteiger partial charge in [0, 0.05) is 55.6 Å². The van der Waals surface area contributed by atoms with Crippen molar-refractivity contribution in [1.82, 2.24) is 4.90 Å². The number of piperazine rings is 1. The predicted octanol–water partition coefficient (Wildman–Crippen LogP) is 3.27. The number of rotatable bonds is 2. The number of para-hydroxylation sites is 1. The van der Waals surface area contributed by atoms with E-state index in [1.165, 1.54) is 17.8 Å². The van der Waals surface area contributed by atoms with Crippen molar-refractivity contribution in [3.8, 4) is 0 Å². The van der Waals surface area contributed by atoms with Crippen LogP contribution in [-0.4, -0.2) is 36.9 Å². The standard InChI is InChI=1S/C20H19FN2O/c21-17-6-7-19-15(13-17)12-16(20(19)24)14-22-8-10-23(11-9-22)18-4-2-1-3-5-18/h1-7,13-14H,8-12H2. The number of fused-ring (bicyclic) bond motifs is 1. The topological polar surface area (TPSA) is 23.6 Å². The van der Waals surface area contributed by atoms with E-state index in [-0.39, 0.29) is 11.6 Å². The highest BCUT2D eigenvalue weighted by molar-refractivity contribution is 6.13. The summed E-state index contributed by atoms with van der Waals surface area (Å²) in [6.45, 7) is 3.64. The number of allylic oxidation sites excluding steroid dienone is 1. The molecule has 2 aromatic rings. The summed E-state index contributed by atoms with van der Waals surface area (Å²) < 4.78 is 13.3. The third-order valence-electron chi connectivity index (χ3n) is 4.76. The summed E-state index contributed by atoms with van der Waals surface area (Å²) in [5, 5.41) is 0. The number of ketones is 1. The van der Waals surface area contributed by atoms with E-state index in [0.29, 0.717) is 12.0 Å². The molecule has 0 unspecified atom stereocenters. The number of hydrogen-bond donors (Lipinski definition) is 0. The molecule has 24 heavy (non-hydrogen) atoms. The van der Waals surface area contributed by atoms with Gasteiger partial charge in [0.2, 0.25) is 0 Å². The molecule has 0 spiro atoms. The fraction of sp³-hybridized carbons (Fsp3) is 0.250. The molecule has 0 atom stereocenters. The molecule has 1 heterocycles. The number of carbonyl (C=O) groups is 1. The summed E-state index contributed by atoms with van der Waals surface area (Å²) in [6, 6.07) is 14.8. The largest absolute Gasteiger partial charge is 0.373 e. The van der Waals surface area contributed by atoms with Crippen molar-refractivity contribution in [1.29, 1.82) is 0 Å². The van der Waals surface area contributed by atoms with Crippen LogP contribution < -0.4 is 4.90 Å². The maximum atomic E-state index is 13.3. The fourth-order valence-corrected chi connectivity index (χ4v) is 3.46. The molecule has 4 heteroatoms. The first-order chi connectivity index (χ1) is 11.7. The number of nitrogens with zero attached hydrogens (tertiary/aromatic N) is 2. The average molecular weight is 322 g/mol. The highest BCUT2D eigenvalue weighted by Gasteiger charge is 2.26. The molecule has 0 bridgehead atoms. The molecule has 3 nitrogen and oxygen atoms in total. The van der Waals surface area contributed by atoms with E-state index in [9.17, 15) is 9.18 Å². The normalized spacial score (nSPS) is 19.0. The van der Waals surface area contributed by atoms with Gasteiger partial charge in [-0.05, 0) is 35.9 Å². The highest BCUT2D eigenvalue weighted by Crippen LogP contribution is 2.27. The SMILES string of the molecule is O=C1C(=CN2CCN(c3ccccc3)CC2)Cc2cc(F)ccc21. The first kappa shape index (κ1) is 14.9. The molecule has 1 saturated heterocycles. The van der Waals surface area contributed by atoms with Gasteiger partial charge in [0.05, 0.1) is 0 Å². The summed E-state index contributed by atoms with van der Waals surface area (Å²) in [5.74, 6) is -0.241. The van der Waals surface area contributed by atoms with Crippen LogP contribution in [0.1, 0.15) is 15.9 Å². The van der Waals surface area contributed by atoms with Crippen LogP contribution in [0.4, 0.5) is 10.1 Å². The lowest BCUT2D eigenvalue weighted by Gasteiger charge is -2.35. The summed E-state index contributed by atoms with van der Waals surface area (Å²) in [6.07, 6.45) is 2.51. The predicted molar refractivity (Wildman–Crippen MR) is 92.7 cm³/mol. The Labute approximate surface area is 141 Å². The lowest BCUT2D eigenvalue weighted by atomic mass is 10.1. The van der Waals surface area contributed by atoms with Crippen LogP contribution in [0.25, 0.3) is 0 Å². The molecule has 122 valence electrons. The Morgan fingerprint density at radius 3 is 2.46 bits per heavy atom. The Balaban J connectivity index is 1.44. The van der Waals surface area contributed by atoms with Gasteiger partial charge in [0.25, 0.3) is 0 Å². The van der Waals surface area contributed by atoms with E-state index in [1.807, 2.05) is 12.3 Å². The minimum absolute atomic E-state index is 0.0375. The van der Waals surface area contributed by atoms with Gasteiger partial charge in [-0.2, -0.15) is 0 Å². The number of hydrogen-bond acceptors (Lipinski definition) is 3. The summed E-state index contributed by atoms with van der Waals surface area (Å²) in [5.41, 5.74) is 3.45. The van der Waals surface area contributed by atoms with Crippen LogP contribution >= 0.6 is 0 Å². The quantitative estimate of drug-likeness (QED) is 0.793. The summed E-state index contributed by atoms with van der Waals surface area (Å²) >= 11 is 0. The summed E-state index contributed by atoms with van der Waals surface area (Å²) in [4.78, 5) is 17.0. The van der Waals surface area contributed by atoms with Gasteiger partial charge in [-0.25, -0.2) is 4.39 Å². The molecule has 0 saturated carbocycles. The zero-order valence-electron chi connectivity index (χ0n) is 13.4. The Morgan fingerprint density at radius 2 is 1.71 bits per heavy atom. The molecule has 0 amide bonds. The van der Waals surface area contributed by atoms with Crippen molar-refractivity contribution in [3.63, 3.8) is 0 Å². The Morgan fingerprint density at radius 1 is 0.958 bits per heavy atom. The number of benzene rings is 2. The molecule has 2 aliphatic rings. The van der Waals surface area contributed by atoms with Gasteiger partial charge >= 0.3 is 0 Å². The third-order valence-corrected chi connectivity index (χ3v) is 4.76. The molecular formula is C20H19FN2O. The van der Waals surface area contributed by atoms with Gasteiger partial charge in [-0.15, -0.1) is 0 Å². The lowest BCUT2D eigenvalue weighted by molar-refractivity contribution is 0.103. The van der Waals surface area contributed by atoms with Crippen molar-refractivity contribution in [2.45, 2.75) is 6.42 Å². The van der Waals surface area contributed by atoms with Gasteiger partial charge < -0.3 is 9.80 Å². The van der Waals surface area contributed by atoms with Crippen LogP contribution in [0.5, 0.6) is 0 Å². The van der Waals surface area contributed by atoms with Crippen molar-refractivity contribution >= 4 is 11.5 Å². The van der Waals surface area contributed by atoms with Crippen LogP contribution in [0, 0.1) is 5.82 Å². The zero-order valence-corrected chi connectivity index (χ0v) is 13.4. The lowest BCUT2D eigenvalue weighted by Crippen LogP contribution is -2.44. The molecule has 4 rings (SSSR count). The molecule has 2 aromatic carbocycles. The third kappa shape index (κ3) is 2.80. The smallest absolute Gasteiger partial charge is 0.191 e. The van der Waals surface area contributed by atoms with Gasteiger partial charge in [-0.3, -0.25) is 4.79 Å². The second kappa shape index (κ2) is 6.11. The first-order valence-electron chi connectivity index (χ1n) is 8.28. The first-order valence-corrected chi connectivity index (χ1v) is 8.28. The van der Waals surface area contributed by atoms with Crippen LogP contribution in [-0.2, 0) is 6.42 Å². The van der Waals surface area contributed by atoms with Crippen molar-refractivity contribution in [3.05, 3.63) is 77.2 Å². The average Bonchev–Trinajstić information content (AvgIpc) is 2.91. The van der Waals surface area contributed by atoms with Crippen LogP contribution in [0.3, 0.4) is 0 Å². The number of carbonyl (C=O) groups excluding carboxylic acids is 1. The second-order valence-corrected chi connectivity index (χ2v) is 6.32. The number of anilines is 1. The molecule has 0 radical (unpaired) electrons. The van der Waals surface area contributed by atoms with Crippen molar-refractivity contribution in [2.24, 2.45) is 0 Å². The molecule has 1 fully saturated rings. The number of halogens is 1. The minimum atomic E-state index is -0.278. The van der Waals surface area contributed by atoms with E-state index in [2.05, 4.69) is 34.1 Å². The van der Waals surface area contributed by atoms with E-state index in [1.54, 1.807) is 6.07 Å². The minimum Gasteiger partial charge on any atom is -0.373 e. The number of Topliss-reactive ketones (excluding diaryl/α,β-unsaturated/α-hetero) is 1. The van der Waals surface area contributed by atoms with Crippen LogP contribution in [0.15, 0.2) is 60.3 Å². The van der Waals surface area contributed by atoms with E-state index in [0.717, 1.165) is 37.3 Å². The van der Waals surface area contributed by atoms with Gasteiger partial charge in [-0.1, -0.05) is 18.2 Å². The van der Waals surface area contributed by atoms with Gasteiger partial charge in [0.15, 0.2) is 5.78 Å². The molecule has 0 N–H and O–H groups in total. The molecule has 1 aliphatic carbocycles. The molecule has 1 aliphatic heterocycles. The molecular weight excluding hydrogens is 303 g/mol. The Kier molecular flexibility index (Phi) is 3.81. The second-order valence-electron chi connectivity index (χ2n) is 6.32. The van der Waals surface area contributed by atoms with E-state index >= 15 is 0 Å². The Hall–Kier alpha value is -2.62. The Bertz CT molecular complexity index is 793. The highest BCUT2D eigenvalue weighted by atomic mass is 19.1. The zero-order chi connectivity index (χ0) is 16.5. The van der Waals surface area contributed by atoms with E-state index < -0.39 is 0 Å². The van der Waals surface area contributed by atoms with Crippen molar-refractivity contribution in [2.75, 3.05) is 31.1 Å². The summed E-state index contributed by atoms with van der Waals surface area (Å²) in [7, 11) is 0. The van der Waals surface area contributed by atoms with Crippen molar-refractivity contribution < 1.29 is 9.18 Å². The fourth-order valence-electron chi connectivity index (χ4n) is 3.46. The maximum Gasteiger partial charge on any atom is 0.191 e. The van der Waals surface area contributed by atoms with Gasteiger partial charge in [0.1, 0.15) is 5.82 Å².